The summed E-state index contributed by atoms with van der Waals surface area (Å²) in [7, 11) is 0. The van der Waals surface area contributed by atoms with Crippen LogP contribution >= 0.6 is 0 Å². The molecule has 1 amide bonds. The molecule has 1 heterocycles. The van der Waals surface area contributed by atoms with Gasteiger partial charge in [0, 0.05) is 5.56 Å². The minimum Gasteiger partial charge on any atom is -0.452 e. The molecule has 0 aliphatic carbocycles. The SMILES string of the molecule is Cc1onc(-c2ccccc2)c1C(=O)OCC(=O)N[C@H](C)c1cccc2ccccc12. The van der Waals surface area contributed by atoms with Crippen LogP contribution < -0.4 is 5.32 Å². The zero-order valence-corrected chi connectivity index (χ0v) is 17.3. The van der Waals surface area contributed by atoms with Crippen LogP contribution in [0.3, 0.4) is 0 Å². The van der Waals surface area contributed by atoms with Crippen LogP contribution in [0.15, 0.2) is 77.3 Å². The van der Waals surface area contributed by atoms with Gasteiger partial charge < -0.3 is 14.6 Å². The van der Waals surface area contributed by atoms with E-state index in [-0.39, 0.29) is 17.5 Å². The molecule has 0 fully saturated rings. The van der Waals surface area contributed by atoms with E-state index in [1.807, 2.05) is 79.7 Å². The molecule has 6 heteroatoms. The normalized spacial score (nSPS) is 11.8. The van der Waals surface area contributed by atoms with Crippen molar-refractivity contribution < 1.29 is 18.8 Å². The third-order valence-corrected chi connectivity index (χ3v) is 5.12. The van der Waals surface area contributed by atoms with Crippen LogP contribution in [0.4, 0.5) is 0 Å². The Hall–Kier alpha value is -3.93. The number of benzene rings is 3. The van der Waals surface area contributed by atoms with Crippen molar-refractivity contribution in [2.75, 3.05) is 6.61 Å². The van der Waals surface area contributed by atoms with Crippen molar-refractivity contribution in [1.82, 2.24) is 10.5 Å². The second kappa shape index (κ2) is 8.83. The van der Waals surface area contributed by atoms with Gasteiger partial charge in [-0.25, -0.2) is 4.79 Å². The molecule has 0 saturated carbocycles. The van der Waals surface area contributed by atoms with Crippen molar-refractivity contribution in [2.45, 2.75) is 19.9 Å². The average Bonchev–Trinajstić information content (AvgIpc) is 3.19. The first-order valence-corrected chi connectivity index (χ1v) is 10.0. The zero-order valence-electron chi connectivity index (χ0n) is 17.3. The maximum Gasteiger partial charge on any atom is 0.344 e. The fraction of sp³-hybridized carbons (Fsp3) is 0.160. The minimum atomic E-state index is -0.648. The molecule has 31 heavy (non-hydrogen) atoms. The number of carbonyl (C=O) groups is 2. The van der Waals surface area contributed by atoms with Crippen molar-refractivity contribution >= 4 is 22.6 Å². The highest BCUT2D eigenvalue weighted by Gasteiger charge is 2.24. The van der Waals surface area contributed by atoms with Gasteiger partial charge in [0.05, 0.1) is 6.04 Å². The first kappa shape index (κ1) is 20.3. The van der Waals surface area contributed by atoms with Crippen LogP contribution in [0, 0.1) is 6.92 Å². The summed E-state index contributed by atoms with van der Waals surface area (Å²) < 4.78 is 10.5. The number of hydrogen-bond acceptors (Lipinski definition) is 5. The highest BCUT2D eigenvalue weighted by molar-refractivity contribution is 5.98. The highest BCUT2D eigenvalue weighted by Crippen LogP contribution is 2.26. The highest BCUT2D eigenvalue weighted by atomic mass is 16.5. The van der Waals surface area contributed by atoms with Gasteiger partial charge in [0.2, 0.25) is 0 Å². The molecule has 0 aliphatic rings. The van der Waals surface area contributed by atoms with E-state index < -0.39 is 12.6 Å². The summed E-state index contributed by atoms with van der Waals surface area (Å²) >= 11 is 0. The molecule has 1 atom stereocenters. The molecule has 0 spiro atoms. The van der Waals surface area contributed by atoms with E-state index in [1.165, 1.54) is 0 Å². The summed E-state index contributed by atoms with van der Waals surface area (Å²) in [6.07, 6.45) is 0. The van der Waals surface area contributed by atoms with Crippen molar-refractivity contribution in [3.05, 3.63) is 89.7 Å². The lowest BCUT2D eigenvalue weighted by molar-refractivity contribution is -0.124. The Balaban J connectivity index is 1.43. The van der Waals surface area contributed by atoms with E-state index >= 15 is 0 Å². The maximum atomic E-state index is 12.7. The minimum absolute atomic E-state index is 0.223. The fourth-order valence-corrected chi connectivity index (χ4v) is 3.60. The van der Waals surface area contributed by atoms with E-state index in [9.17, 15) is 9.59 Å². The van der Waals surface area contributed by atoms with Gasteiger partial charge in [-0.1, -0.05) is 78.0 Å². The maximum absolute atomic E-state index is 12.7. The lowest BCUT2D eigenvalue weighted by atomic mass is 10.00. The Labute approximate surface area is 179 Å². The number of aromatic nitrogens is 1. The van der Waals surface area contributed by atoms with Crippen LogP contribution in [-0.2, 0) is 9.53 Å². The van der Waals surface area contributed by atoms with E-state index in [0.717, 1.165) is 21.9 Å². The molecule has 1 N–H and O–H groups in total. The van der Waals surface area contributed by atoms with Gasteiger partial charge >= 0.3 is 5.97 Å². The molecule has 0 unspecified atom stereocenters. The molecule has 4 rings (SSSR count). The van der Waals surface area contributed by atoms with Crippen LogP contribution in [0.2, 0.25) is 0 Å². The predicted molar refractivity (Wildman–Crippen MR) is 117 cm³/mol. The van der Waals surface area contributed by atoms with Gasteiger partial charge in [-0.3, -0.25) is 4.79 Å². The summed E-state index contributed by atoms with van der Waals surface area (Å²) in [6.45, 7) is 3.14. The molecule has 0 saturated heterocycles. The van der Waals surface area contributed by atoms with Gasteiger partial charge in [0.1, 0.15) is 17.0 Å². The van der Waals surface area contributed by atoms with Gasteiger partial charge in [-0.2, -0.15) is 0 Å². The van der Waals surface area contributed by atoms with E-state index in [1.54, 1.807) is 6.92 Å². The number of esters is 1. The topological polar surface area (TPSA) is 81.4 Å². The second-order valence-corrected chi connectivity index (χ2v) is 7.26. The average molecular weight is 414 g/mol. The number of carbonyl (C=O) groups excluding carboxylic acids is 2. The third-order valence-electron chi connectivity index (χ3n) is 5.12. The van der Waals surface area contributed by atoms with Crippen molar-refractivity contribution in [3.8, 4) is 11.3 Å². The molecule has 1 aromatic heterocycles. The molecular formula is C25H22N2O4. The van der Waals surface area contributed by atoms with Crippen molar-refractivity contribution in [2.24, 2.45) is 0 Å². The Morgan fingerprint density at radius 3 is 2.52 bits per heavy atom. The Bertz CT molecular complexity index is 1230. The number of aryl methyl sites for hydroxylation is 1. The van der Waals surface area contributed by atoms with Crippen LogP contribution in [0.5, 0.6) is 0 Å². The quantitative estimate of drug-likeness (QED) is 0.457. The fourth-order valence-electron chi connectivity index (χ4n) is 3.60. The number of fused-ring (bicyclic) bond motifs is 1. The molecule has 156 valence electrons. The van der Waals surface area contributed by atoms with Gasteiger partial charge in [-0.15, -0.1) is 0 Å². The number of nitrogens with one attached hydrogen (secondary N) is 1. The van der Waals surface area contributed by atoms with E-state index in [2.05, 4.69) is 10.5 Å². The number of rotatable bonds is 6. The van der Waals surface area contributed by atoms with E-state index in [0.29, 0.717) is 11.5 Å². The Morgan fingerprint density at radius 1 is 1.00 bits per heavy atom. The molecule has 0 bridgehead atoms. The molecule has 6 nitrogen and oxygen atoms in total. The van der Waals surface area contributed by atoms with E-state index in [4.69, 9.17) is 9.26 Å². The molecule has 3 aromatic carbocycles. The predicted octanol–water partition coefficient (Wildman–Crippen LogP) is 4.84. The monoisotopic (exact) mass is 414 g/mol. The smallest absolute Gasteiger partial charge is 0.344 e. The number of amides is 1. The first-order valence-electron chi connectivity index (χ1n) is 10.0. The Morgan fingerprint density at radius 2 is 1.71 bits per heavy atom. The first-order chi connectivity index (χ1) is 15.0. The second-order valence-electron chi connectivity index (χ2n) is 7.26. The molecule has 0 radical (unpaired) electrons. The van der Waals surface area contributed by atoms with Crippen LogP contribution in [0.1, 0.15) is 34.6 Å². The van der Waals surface area contributed by atoms with Crippen LogP contribution in [-0.4, -0.2) is 23.6 Å². The third kappa shape index (κ3) is 4.33. The van der Waals surface area contributed by atoms with Gasteiger partial charge in [-0.05, 0) is 30.2 Å². The number of nitrogens with zero attached hydrogens (tertiary/aromatic N) is 1. The summed E-state index contributed by atoms with van der Waals surface area (Å²) in [5.41, 5.74) is 2.35. The summed E-state index contributed by atoms with van der Waals surface area (Å²) in [5, 5.41) is 9.04. The molecular weight excluding hydrogens is 392 g/mol. The Kier molecular flexibility index (Phi) is 5.80. The van der Waals surface area contributed by atoms with Gasteiger partial charge in [0.15, 0.2) is 6.61 Å². The summed E-state index contributed by atoms with van der Waals surface area (Å²) in [4.78, 5) is 25.1. The molecule has 4 aromatic rings. The molecule has 0 aliphatic heterocycles. The van der Waals surface area contributed by atoms with Gasteiger partial charge in [0.25, 0.3) is 5.91 Å². The lowest BCUT2D eigenvalue weighted by Gasteiger charge is -2.16. The largest absolute Gasteiger partial charge is 0.452 e. The van der Waals surface area contributed by atoms with Crippen molar-refractivity contribution in [3.63, 3.8) is 0 Å². The summed E-state index contributed by atoms with van der Waals surface area (Å²) in [5.74, 6) is -0.692. The van der Waals surface area contributed by atoms with Crippen molar-refractivity contribution in [1.29, 1.82) is 0 Å². The van der Waals surface area contributed by atoms with Crippen LogP contribution in [0.25, 0.3) is 22.0 Å². The number of ether oxygens (including phenoxy) is 1. The number of hydrogen-bond donors (Lipinski definition) is 1. The zero-order chi connectivity index (χ0) is 21.8. The standard InChI is InChI=1S/C25H22N2O4/c1-16(20-14-8-12-18-9-6-7-13-21(18)20)26-22(28)15-30-25(29)23-17(2)31-27-24(23)19-10-4-3-5-11-19/h3-14,16H,15H2,1-2H3,(H,26,28)/t16-/m1/s1. The lowest BCUT2D eigenvalue weighted by Crippen LogP contribution is -2.31. The summed E-state index contributed by atoms with van der Waals surface area (Å²) in [6, 6.07) is 22.9.